The predicted octanol–water partition coefficient (Wildman–Crippen LogP) is 11.4. The van der Waals surface area contributed by atoms with Crippen molar-refractivity contribution >= 4 is 23.0 Å². The summed E-state index contributed by atoms with van der Waals surface area (Å²) >= 11 is 0. The number of terminal acetylenes is 13. The molecule has 0 radical (unpaired) electrons. The molecule has 2 saturated heterocycles. The lowest BCUT2D eigenvalue weighted by molar-refractivity contribution is -0.253. The fourth-order valence-electron chi connectivity index (χ4n) is 11.3. The van der Waals surface area contributed by atoms with E-state index in [4.69, 9.17) is 210 Å². The van der Waals surface area contributed by atoms with Crippen molar-refractivity contribution in [2.45, 2.75) is 163 Å². The number of esters is 1. The van der Waals surface area contributed by atoms with E-state index in [2.05, 4.69) is 167 Å². The summed E-state index contributed by atoms with van der Waals surface area (Å²) in [6, 6.07) is 20.3. The van der Waals surface area contributed by atoms with E-state index in [0.717, 1.165) is 11.1 Å². The molecule has 2 aromatic carbocycles. The van der Waals surface area contributed by atoms with Crippen LogP contribution in [-0.2, 0) is 103 Å². The maximum absolute atomic E-state index is 10.8. The number of hydrogen-bond acceptors (Lipinski definition) is 33. The van der Waals surface area contributed by atoms with Gasteiger partial charge < -0.3 is 149 Å². The zero-order valence-corrected chi connectivity index (χ0v) is 89.7. The van der Waals surface area contributed by atoms with Crippen molar-refractivity contribution in [3.8, 4) is 160 Å². The van der Waals surface area contributed by atoms with Gasteiger partial charge in [-0.1, -0.05) is 190 Å². The van der Waals surface area contributed by atoms with E-state index in [9.17, 15) is 20.1 Å². The summed E-state index contributed by atoms with van der Waals surface area (Å²) in [5, 5.41) is 60.7. The molecule has 36 heteroatoms. The smallest absolute Gasteiger partial charge is 0.302 e. The van der Waals surface area contributed by atoms with Gasteiger partial charge in [0.05, 0.1) is 187 Å². The van der Waals surface area contributed by atoms with Crippen LogP contribution in [0.25, 0.3) is 4.85 Å². The molecule has 150 heavy (non-hydrogen) atoms. The lowest BCUT2D eigenvalue weighted by Crippen LogP contribution is -2.46. The topological polar surface area (TPSA) is 404 Å². The Balaban J connectivity index is -0.000000175. The van der Waals surface area contributed by atoms with E-state index in [1.165, 1.54) is 35.7 Å². The third-order valence-corrected chi connectivity index (χ3v) is 22.4. The first-order chi connectivity index (χ1) is 74.2. The first-order valence-corrected chi connectivity index (χ1v) is 47.7. The molecule has 0 saturated carbocycles. The lowest BCUT2D eigenvalue weighted by Gasteiger charge is -2.39. The second-order valence-corrected chi connectivity index (χ2v) is 35.9. The molecular weight excluding hydrogens is 1970 g/mol. The van der Waals surface area contributed by atoms with E-state index in [-0.39, 0.29) is 298 Å². The summed E-state index contributed by atoms with van der Waals surface area (Å²) < 4.78 is 173. The van der Waals surface area contributed by atoms with Gasteiger partial charge in [-0.05, 0) is 55.4 Å². The number of rotatable bonds is 65. The molecule has 2 aromatic rings. The number of carbonyl (C=O) groups excluding carboxylic acids is 1. The van der Waals surface area contributed by atoms with Crippen molar-refractivity contribution in [1.82, 2.24) is 9.34 Å². The average Bonchev–Trinajstić information content (AvgIpc) is 0.815. The summed E-state index contributed by atoms with van der Waals surface area (Å²) in [5.41, 5.74) is -2.88. The molecule has 34 nitrogen and oxygen atoms in total. The van der Waals surface area contributed by atoms with Crippen LogP contribution in [0.4, 0.5) is 0 Å². The van der Waals surface area contributed by atoms with Gasteiger partial charge in [-0.2, -0.15) is 0 Å². The lowest BCUT2D eigenvalue weighted by atomic mass is 9.91. The molecule has 0 aromatic heterocycles. The minimum absolute atomic E-state index is 0. The highest BCUT2D eigenvalue weighted by Crippen LogP contribution is 2.49. The zero-order valence-electron chi connectivity index (χ0n) is 95.9. The van der Waals surface area contributed by atoms with Crippen molar-refractivity contribution in [2.75, 3.05) is 286 Å². The molecule has 2 aliphatic heterocycles. The van der Waals surface area contributed by atoms with Gasteiger partial charge in [-0.25, -0.2) is 15.9 Å². The Kier molecular flexibility index (Phi) is 105. The average molecular weight is 2170 g/mol. The van der Waals surface area contributed by atoms with Crippen molar-refractivity contribution in [2.24, 2.45) is 37.9 Å². The van der Waals surface area contributed by atoms with E-state index in [1.807, 2.05) is 60.7 Å². The fraction of sp³-hybridized carbons (Fsp3) is 0.649. The first-order valence-electron chi connectivity index (χ1n) is 50.2. The Morgan fingerprint density at radius 1 is 0.420 bits per heavy atom. The van der Waals surface area contributed by atoms with Gasteiger partial charge in [0.2, 0.25) is 12.3 Å². The van der Waals surface area contributed by atoms with Gasteiger partial charge in [-0.3, -0.25) is 4.79 Å². The summed E-state index contributed by atoms with van der Waals surface area (Å²) in [5.74, 6) is 30.7. The van der Waals surface area contributed by atoms with Crippen LogP contribution in [0.15, 0.2) is 60.7 Å². The molecule has 9 N–H and O–H groups in total. The van der Waals surface area contributed by atoms with Crippen molar-refractivity contribution < 1.29 is 155 Å². The monoisotopic (exact) mass is 2170 g/mol. The van der Waals surface area contributed by atoms with Crippen molar-refractivity contribution in [1.29, 1.82) is 5.72 Å². The van der Waals surface area contributed by atoms with Crippen LogP contribution in [0.2, 0.25) is 0 Å². The van der Waals surface area contributed by atoms with Crippen LogP contribution in [-0.4, -0.2) is 377 Å². The highest BCUT2D eigenvalue weighted by atomic mass is 31.2. The Labute approximate surface area is 919 Å². The third-order valence-electron chi connectivity index (χ3n) is 18.3. The molecule has 4 rings (SSSR count). The van der Waals surface area contributed by atoms with Crippen LogP contribution < -0.4 is 0 Å². The molecule has 2 heterocycles. The third kappa shape index (κ3) is 81.1. The molecule has 0 bridgehead atoms. The van der Waals surface area contributed by atoms with Gasteiger partial charge in [0, 0.05) is 91.7 Å². The Morgan fingerprint density at radius 3 is 0.907 bits per heavy atom. The van der Waals surface area contributed by atoms with Crippen LogP contribution >= 0.6 is 17.1 Å². The highest BCUT2D eigenvalue weighted by molar-refractivity contribution is 7.44. The SMILES string of the molecule is C.C.C.C.C#CCOCC(CO)(CO)COCC#C.C#CCOCC1(COCC#C)COC(c2ccccc2)OC1.OCC1(CO)COC(c2ccccc2)OC1.[2H]CC(COCC#C)(COCC#C)COC(C)=O.[2H]CC(COCC#C)(COCC#C)COP(OCCC#C)N(C(C)C)C(C)C.[2H]CC(COCC#C)(COCC#C)COP(OCC[N+]#[C-])N(C(C)C)C(C)C.[2H]OCC(CO)(COCC#C)COCC#C.[3H]C.[3H]OC.[3H]OC.[3H]OC. The number of nitrogens with zero attached hydrogens (tertiary/aromatic N) is 3. The summed E-state index contributed by atoms with van der Waals surface area (Å²) in [6.45, 7) is 31.5. The molecular formula is C114H185N3O31P2. The number of ether oxygens (including phenoxy) is 17. The predicted molar refractivity (Wildman–Crippen MR) is 596 cm³/mol. The quantitative estimate of drug-likeness (QED) is 0.00976. The second kappa shape index (κ2) is 109. The maximum Gasteiger partial charge on any atom is 0.302 e. The highest BCUT2D eigenvalue weighted by Gasteiger charge is 2.41. The number of carbonyl (C=O) groups is 1. The van der Waals surface area contributed by atoms with Crippen LogP contribution in [0.1, 0.15) is 156 Å². The van der Waals surface area contributed by atoms with Crippen LogP contribution in [0.5, 0.6) is 0 Å². The van der Waals surface area contributed by atoms with E-state index in [1.54, 1.807) is 0 Å². The standard InChI is InChI=1S/C21H34NO4P.C20H33N2O4P.C18H20O4.C13H18O4.C12H16O4.2C11H16O4.3CH4O.5CH4/c1-9-12-15-25-27(22(19(4)5)20(6)7)26-18-21(8,16-23-13-10-2)17-24-14-11-3;1-9-12-23-15-20(7,16-24-13-10-2)17-26-27(25-14-11-21-8)22(18(3)4)19(5)6;1-3-10-19-12-18(13-20-11-4-2)14-21-17(22-15-18)16-8-6-5-7-9-16;1-5-7-15-9-13(4,10-16-8-6-2)11-17-12(3)14;13-6-12(7-14)8-15-11(16-9-12)10-4-2-1-3-5-10;2*1-3-5-14-9-11(7-12,8-13)10-15-6-4-2;3*1-2;;;;;/h1-3,19-20H,12-18H2,4-8H3;1-2,18-19H,11-17H2,3-7H3;1-2,5-9,17H,10-15H2;1-2H,7-11H2,3-4H3;1-5,11,13-14H,6-9H2;2*1-2,12-13H,5-10H2;3*2H,1H3;5*1H4/i8D;7D;;4D;;12D;;3*2T;1T;;;;. The number of aliphatic hydroxyl groups is 9. The number of aliphatic hydroxyl groups excluding tert-OH is 9. The molecule has 0 spiro atoms. The Morgan fingerprint density at radius 2 is 0.673 bits per heavy atom. The molecule has 0 amide bonds. The van der Waals surface area contributed by atoms with Gasteiger partial charge in [0.1, 0.15) is 92.5 Å². The minimum atomic E-state index is -1.41. The second-order valence-electron chi connectivity index (χ2n) is 33.0. The van der Waals surface area contributed by atoms with E-state index < -0.39 is 61.8 Å². The molecule has 2 unspecified atom stereocenters. The number of hydrogen-bond donors (Lipinski definition) is 9. The van der Waals surface area contributed by atoms with E-state index in [0.29, 0.717) is 59.3 Å². The van der Waals surface area contributed by atoms with Crippen LogP contribution in [0, 0.1) is 205 Å². The summed E-state index contributed by atoms with van der Waals surface area (Å²) in [6.07, 6.45) is 66.8. The first kappa shape index (κ1) is 145. The Bertz CT molecular complexity index is 4040. The summed E-state index contributed by atoms with van der Waals surface area (Å²) in [4.78, 5) is 14.2. The molecule has 2 aliphatic rings. The van der Waals surface area contributed by atoms with Crippen molar-refractivity contribution in [3.63, 3.8) is 0 Å². The van der Waals surface area contributed by atoms with Gasteiger partial charge in [0.25, 0.3) is 17.1 Å². The molecule has 2 fully saturated rings. The largest absolute Gasteiger partial charge is 0.465 e. The number of benzene rings is 2. The fourth-order valence-corrected chi connectivity index (χ4v) is 14.8. The minimum Gasteiger partial charge on any atom is -0.465 e. The summed E-state index contributed by atoms with van der Waals surface area (Å²) in [7, 11) is 2.36. The van der Waals surface area contributed by atoms with Crippen molar-refractivity contribution in [3.05, 3.63) is 83.2 Å². The molecule has 852 valence electrons. The molecule has 0 aliphatic carbocycles. The van der Waals surface area contributed by atoms with Gasteiger partial charge in [0.15, 0.2) is 12.6 Å². The van der Waals surface area contributed by atoms with Gasteiger partial charge in [-0.15, -0.1) is 89.4 Å². The Hall–Kier alpha value is -8.70. The van der Waals surface area contributed by atoms with Gasteiger partial charge >= 0.3 is 5.97 Å². The maximum atomic E-state index is 10.8. The van der Waals surface area contributed by atoms with Crippen LogP contribution in [0.3, 0.4) is 0 Å². The molecule has 2 atom stereocenters. The zero-order chi connectivity index (χ0) is 118. The normalized spacial score (nSPS) is 13.5. The van der Waals surface area contributed by atoms with E-state index >= 15 is 0 Å².